The molecule has 0 radical (unpaired) electrons. The second-order valence-electron chi connectivity index (χ2n) is 7.63. The largest absolute Gasteiger partial charge is 0.353 e. The fraction of sp³-hybridized carbons (Fsp3) is 0.381. The lowest BCUT2D eigenvalue weighted by atomic mass is 9.73. The van der Waals surface area contributed by atoms with Crippen LogP contribution in [0.5, 0.6) is 0 Å². The Labute approximate surface area is 163 Å². The number of carbonyl (C=O) groups is 2. The average Bonchev–Trinajstić information content (AvgIpc) is 2.68. The van der Waals surface area contributed by atoms with Crippen LogP contribution in [0.15, 0.2) is 48.8 Å². The summed E-state index contributed by atoms with van der Waals surface area (Å²) in [5.41, 5.74) is 0.965. The highest BCUT2D eigenvalue weighted by atomic mass is 19.1. The van der Waals surface area contributed by atoms with Gasteiger partial charge in [-0.2, -0.15) is 0 Å². The van der Waals surface area contributed by atoms with Crippen LogP contribution in [0.25, 0.3) is 0 Å². The Morgan fingerprint density at radius 2 is 1.93 bits per heavy atom. The Kier molecular flexibility index (Phi) is 5.09. The molecule has 2 amide bonds. The second kappa shape index (κ2) is 7.67. The Hall–Kier alpha value is -2.80. The predicted molar refractivity (Wildman–Crippen MR) is 102 cm³/mol. The molecule has 0 bridgehead atoms. The minimum Gasteiger partial charge on any atom is -0.353 e. The van der Waals surface area contributed by atoms with Crippen molar-refractivity contribution >= 4 is 11.8 Å². The van der Waals surface area contributed by atoms with Crippen LogP contribution >= 0.6 is 0 Å². The molecular weight excluding hydrogens is 359 g/mol. The van der Waals surface area contributed by atoms with Crippen LogP contribution in [0.4, 0.5) is 4.39 Å². The number of likely N-dealkylation sites (tertiary alicyclic amines) is 1. The van der Waals surface area contributed by atoms with E-state index in [-0.39, 0.29) is 24.2 Å². The highest BCUT2D eigenvalue weighted by molar-refractivity contribution is 5.90. The average molecular weight is 382 g/mol. The van der Waals surface area contributed by atoms with Gasteiger partial charge in [0.05, 0.1) is 12.0 Å². The molecule has 2 aromatic rings. The first-order valence-electron chi connectivity index (χ1n) is 9.46. The lowest BCUT2D eigenvalue weighted by Gasteiger charge is -2.51. The van der Waals surface area contributed by atoms with E-state index < -0.39 is 5.41 Å². The number of hydrogen-bond acceptors (Lipinski definition) is 4. The Morgan fingerprint density at radius 3 is 2.64 bits per heavy atom. The topological polar surface area (TPSA) is 65.5 Å². The smallest absolute Gasteiger partial charge is 0.239 e. The fourth-order valence-electron chi connectivity index (χ4n) is 4.14. The van der Waals surface area contributed by atoms with Gasteiger partial charge in [-0.25, -0.2) is 4.39 Å². The summed E-state index contributed by atoms with van der Waals surface area (Å²) in [5, 5.41) is 2.75. The normalized spacial score (nSPS) is 19.0. The van der Waals surface area contributed by atoms with Gasteiger partial charge < -0.3 is 10.2 Å². The van der Waals surface area contributed by atoms with Gasteiger partial charge in [-0.1, -0.05) is 18.2 Å². The van der Waals surface area contributed by atoms with Gasteiger partial charge in [0.25, 0.3) is 0 Å². The van der Waals surface area contributed by atoms with Gasteiger partial charge in [-0.05, 0) is 35.7 Å². The van der Waals surface area contributed by atoms with Gasteiger partial charge >= 0.3 is 0 Å². The number of halogens is 1. The van der Waals surface area contributed by atoms with Crippen LogP contribution in [-0.2, 0) is 22.6 Å². The molecule has 1 aromatic heterocycles. The Morgan fingerprint density at radius 1 is 1.18 bits per heavy atom. The predicted octanol–water partition coefficient (Wildman–Crippen LogP) is 1.22. The number of piperazine rings is 1. The van der Waals surface area contributed by atoms with E-state index in [1.165, 1.54) is 6.07 Å². The molecule has 28 heavy (non-hydrogen) atoms. The summed E-state index contributed by atoms with van der Waals surface area (Å²) in [6.45, 7) is 2.83. The third-order valence-electron chi connectivity index (χ3n) is 5.47. The molecule has 0 unspecified atom stereocenters. The van der Waals surface area contributed by atoms with E-state index in [1.54, 1.807) is 35.5 Å². The van der Waals surface area contributed by atoms with Crippen LogP contribution in [-0.4, -0.2) is 59.3 Å². The van der Waals surface area contributed by atoms with Crippen molar-refractivity contribution in [3.8, 4) is 0 Å². The van der Waals surface area contributed by atoms with Crippen molar-refractivity contribution in [2.24, 2.45) is 5.41 Å². The summed E-state index contributed by atoms with van der Waals surface area (Å²) in [7, 11) is 0. The summed E-state index contributed by atoms with van der Waals surface area (Å²) < 4.78 is 14.3. The minimum atomic E-state index is -0.702. The van der Waals surface area contributed by atoms with Crippen molar-refractivity contribution in [1.82, 2.24) is 20.1 Å². The molecule has 0 atom stereocenters. The summed E-state index contributed by atoms with van der Waals surface area (Å²) in [5.74, 6) is -0.496. The van der Waals surface area contributed by atoms with Crippen LogP contribution in [0.3, 0.4) is 0 Å². The van der Waals surface area contributed by atoms with Crippen molar-refractivity contribution in [2.45, 2.75) is 13.0 Å². The number of rotatable bonds is 5. The molecule has 2 saturated heterocycles. The number of carbonyl (C=O) groups excluding carboxylic acids is 2. The molecule has 4 rings (SSSR count). The van der Waals surface area contributed by atoms with Gasteiger partial charge in [0.15, 0.2) is 0 Å². The number of amides is 2. The molecule has 0 spiro atoms. The van der Waals surface area contributed by atoms with E-state index in [0.29, 0.717) is 38.2 Å². The number of aromatic nitrogens is 1. The van der Waals surface area contributed by atoms with Crippen molar-refractivity contribution in [2.75, 3.05) is 32.7 Å². The van der Waals surface area contributed by atoms with Gasteiger partial charge in [-0.15, -0.1) is 0 Å². The molecule has 2 aliphatic heterocycles. The summed E-state index contributed by atoms with van der Waals surface area (Å²) in [6.07, 6.45) is 3.84. The molecular formula is C21H23FN4O2. The number of nitrogens with zero attached hydrogens (tertiary/aromatic N) is 3. The number of nitrogens with one attached hydrogen (secondary N) is 1. The fourth-order valence-corrected chi connectivity index (χ4v) is 4.14. The number of benzene rings is 1. The second-order valence-corrected chi connectivity index (χ2v) is 7.63. The molecule has 7 heteroatoms. The maximum absolute atomic E-state index is 14.3. The SMILES string of the molecule is O=C1CN(C(=O)C2(Cc3ccccc3F)CN(Cc3ccncc3)C2)CCN1. The first-order valence-corrected chi connectivity index (χ1v) is 9.46. The zero-order valence-corrected chi connectivity index (χ0v) is 15.6. The van der Waals surface area contributed by atoms with Gasteiger partial charge in [0.2, 0.25) is 11.8 Å². The highest BCUT2D eigenvalue weighted by Crippen LogP contribution is 2.38. The van der Waals surface area contributed by atoms with Crippen molar-refractivity contribution < 1.29 is 14.0 Å². The quantitative estimate of drug-likeness (QED) is 0.845. The minimum absolute atomic E-state index is 0.0587. The molecule has 0 aliphatic carbocycles. The van der Waals surface area contributed by atoms with Crippen LogP contribution in [0.1, 0.15) is 11.1 Å². The van der Waals surface area contributed by atoms with Crippen LogP contribution < -0.4 is 5.32 Å². The maximum atomic E-state index is 14.3. The lowest BCUT2D eigenvalue weighted by Crippen LogP contribution is -2.66. The molecule has 3 heterocycles. The summed E-state index contributed by atoms with van der Waals surface area (Å²) >= 11 is 0. The molecule has 0 saturated carbocycles. The van der Waals surface area contributed by atoms with E-state index in [1.807, 2.05) is 12.1 Å². The molecule has 146 valence electrons. The maximum Gasteiger partial charge on any atom is 0.239 e. The van der Waals surface area contributed by atoms with Crippen molar-refractivity contribution in [3.63, 3.8) is 0 Å². The van der Waals surface area contributed by atoms with Gasteiger partial charge in [-0.3, -0.25) is 19.5 Å². The molecule has 2 fully saturated rings. The Balaban J connectivity index is 1.53. The molecule has 6 nitrogen and oxygen atoms in total. The zero-order valence-electron chi connectivity index (χ0n) is 15.6. The zero-order chi connectivity index (χ0) is 19.6. The van der Waals surface area contributed by atoms with Crippen molar-refractivity contribution in [1.29, 1.82) is 0 Å². The van der Waals surface area contributed by atoms with E-state index in [9.17, 15) is 14.0 Å². The van der Waals surface area contributed by atoms with Crippen LogP contribution in [0.2, 0.25) is 0 Å². The monoisotopic (exact) mass is 382 g/mol. The summed E-state index contributed by atoms with van der Waals surface area (Å²) in [4.78, 5) is 32.9. The number of pyridine rings is 1. The highest BCUT2D eigenvalue weighted by Gasteiger charge is 2.51. The number of hydrogen-bond donors (Lipinski definition) is 1. The molecule has 1 aromatic carbocycles. The molecule has 2 aliphatic rings. The van der Waals surface area contributed by atoms with Gasteiger partial charge in [0, 0.05) is 45.1 Å². The van der Waals surface area contributed by atoms with E-state index >= 15 is 0 Å². The van der Waals surface area contributed by atoms with E-state index in [4.69, 9.17) is 0 Å². The Bertz CT molecular complexity index is 868. The first-order chi connectivity index (χ1) is 13.6. The van der Waals surface area contributed by atoms with E-state index in [0.717, 1.165) is 12.1 Å². The molecule has 1 N–H and O–H groups in total. The first kappa shape index (κ1) is 18.6. The van der Waals surface area contributed by atoms with Crippen LogP contribution in [0, 0.1) is 11.2 Å². The third kappa shape index (κ3) is 3.75. The van der Waals surface area contributed by atoms with Crippen molar-refractivity contribution in [3.05, 3.63) is 65.7 Å². The van der Waals surface area contributed by atoms with E-state index in [2.05, 4.69) is 15.2 Å². The third-order valence-corrected chi connectivity index (χ3v) is 5.47. The van der Waals surface area contributed by atoms with Gasteiger partial charge in [0.1, 0.15) is 5.82 Å². The lowest BCUT2D eigenvalue weighted by molar-refractivity contribution is -0.157. The standard InChI is InChI=1S/C21H23FN4O2/c22-18-4-2-1-3-17(18)11-21(20(28)26-10-9-24-19(27)13-26)14-25(15-21)12-16-5-7-23-8-6-16/h1-8H,9-15H2,(H,24,27). The summed E-state index contributed by atoms with van der Waals surface area (Å²) in [6, 6.07) is 10.5.